The Balaban J connectivity index is 2.22. The van der Waals surface area contributed by atoms with Crippen LogP contribution in [0.15, 0.2) is 23.4 Å². The van der Waals surface area contributed by atoms with E-state index in [4.69, 9.17) is 11.6 Å². The second-order valence-electron chi connectivity index (χ2n) is 5.47. The van der Waals surface area contributed by atoms with Gasteiger partial charge in [0.2, 0.25) is 0 Å². The average Bonchev–Trinajstić information content (AvgIpc) is 2.82. The molecule has 0 N–H and O–H groups in total. The van der Waals surface area contributed by atoms with E-state index in [0.717, 1.165) is 5.56 Å². The van der Waals surface area contributed by atoms with Gasteiger partial charge in [0.05, 0.1) is 0 Å². The first-order valence-corrected chi connectivity index (χ1v) is 8.51. The van der Waals surface area contributed by atoms with Crippen molar-refractivity contribution < 1.29 is 8.42 Å². The van der Waals surface area contributed by atoms with Crippen molar-refractivity contribution in [2.75, 3.05) is 27.2 Å². The second-order valence-corrected chi connectivity index (χ2v) is 7.62. The zero-order valence-electron chi connectivity index (χ0n) is 12.0. The minimum Gasteiger partial charge on any atom is -0.305 e. The van der Waals surface area contributed by atoms with Gasteiger partial charge in [-0.25, -0.2) is 13.4 Å². The van der Waals surface area contributed by atoms with Crippen molar-refractivity contribution in [1.29, 1.82) is 0 Å². The van der Waals surface area contributed by atoms with Gasteiger partial charge in [-0.2, -0.15) is 4.31 Å². The first-order chi connectivity index (χ1) is 9.36. The molecule has 1 aromatic heterocycles. The summed E-state index contributed by atoms with van der Waals surface area (Å²) in [6.45, 7) is 3.11. The number of nitrogens with zero attached hydrogens (tertiary/aromatic N) is 3. The highest BCUT2D eigenvalue weighted by Crippen LogP contribution is 2.25. The Morgan fingerprint density at radius 3 is 2.55 bits per heavy atom. The third-order valence-corrected chi connectivity index (χ3v) is 5.82. The summed E-state index contributed by atoms with van der Waals surface area (Å²) in [5.41, 5.74) is 0.812. The molecule has 7 heteroatoms. The maximum absolute atomic E-state index is 12.6. The standard InChI is InChI=1S/C13H20ClN3O2S/c1-10-8-17(9-12(10)16(2)3)20(18,19)13-5-4-11(6-14)7-15-13/h4-5,7,10,12H,6,8-9H2,1-3H3. The lowest BCUT2D eigenvalue weighted by Gasteiger charge is -2.22. The van der Waals surface area contributed by atoms with Crippen molar-refractivity contribution in [3.63, 3.8) is 0 Å². The lowest BCUT2D eigenvalue weighted by molar-refractivity contribution is 0.263. The molecule has 1 saturated heterocycles. The Morgan fingerprint density at radius 2 is 2.10 bits per heavy atom. The van der Waals surface area contributed by atoms with E-state index in [1.807, 2.05) is 14.1 Å². The van der Waals surface area contributed by atoms with Crippen molar-refractivity contribution in [3.05, 3.63) is 23.9 Å². The summed E-state index contributed by atoms with van der Waals surface area (Å²) >= 11 is 5.69. The third-order valence-electron chi connectivity index (χ3n) is 3.76. The summed E-state index contributed by atoms with van der Waals surface area (Å²) in [5, 5.41) is 0.0953. The van der Waals surface area contributed by atoms with Crippen LogP contribution in [0.5, 0.6) is 0 Å². The molecule has 2 heterocycles. The highest BCUT2D eigenvalue weighted by atomic mass is 35.5. The van der Waals surface area contributed by atoms with Gasteiger partial charge >= 0.3 is 0 Å². The maximum atomic E-state index is 12.6. The number of rotatable bonds is 4. The summed E-state index contributed by atoms with van der Waals surface area (Å²) in [5.74, 6) is 0.637. The van der Waals surface area contributed by atoms with Crippen molar-refractivity contribution in [2.24, 2.45) is 5.92 Å². The maximum Gasteiger partial charge on any atom is 0.260 e. The number of aromatic nitrogens is 1. The summed E-state index contributed by atoms with van der Waals surface area (Å²) in [4.78, 5) is 6.11. The molecule has 112 valence electrons. The molecule has 20 heavy (non-hydrogen) atoms. The summed E-state index contributed by atoms with van der Waals surface area (Å²) in [6, 6.07) is 3.48. The van der Waals surface area contributed by atoms with Crippen LogP contribution >= 0.6 is 11.6 Å². The summed E-state index contributed by atoms with van der Waals surface area (Å²) in [6.07, 6.45) is 1.52. The van der Waals surface area contributed by atoms with Gasteiger partial charge in [0, 0.05) is 31.2 Å². The van der Waals surface area contributed by atoms with Crippen LogP contribution in [-0.4, -0.2) is 55.8 Å². The van der Waals surface area contributed by atoms with Gasteiger partial charge in [0.15, 0.2) is 5.03 Å². The van der Waals surface area contributed by atoms with Gasteiger partial charge in [-0.15, -0.1) is 11.6 Å². The number of pyridine rings is 1. The van der Waals surface area contributed by atoms with Crippen LogP contribution in [0.25, 0.3) is 0 Å². The highest BCUT2D eigenvalue weighted by molar-refractivity contribution is 7.89. The molecule has 0 amide bonds. The van der Waals surface area contributed by atoms with Gasteiger partial charge in [-0.1, -0.05) is 13.0 Å². The molecule has 0 saturated carbocycles. The normalized spacial score (nSPS) is 24.4. The van der Waals surface area contributed by atoms with E-state index < -0.39 is 10.0 Å². The number of hydrogen-bond donors (Lipinski definition) is 0. The Morgan fingerprint density at radius 1 is 1.40 bits per heavy atom. The molecular formula is C13H20ClN3O2S. The van der Waals surface area contributed by atoms with E-state index in [-0.39, 0.29) is 11.1 Å². The Bertz CT molecular complexity index is 559. The molecule has 1 fully saturated rings. The third kappa shape index (κ3) is 2.98. The largest absolute Gasteiger partial charge is 0.305 e. The smallest absolute Gasteiger partial charge is 0.260 e. The quantitative estimate of drug-likeness (QED) is 0.788. The van der Waals surface area contributed by atoms with Crippen LogP contribution in [0.3, 0.4) is 0 Å². The number of likely N-dealkylation sites (N-methyl/N-ethyl adjacent to an activating group) is 1. The minimum absolute atomic E-state index is 0.0953. The van der Waals surface area contributed by atoms with Crippen molar-refractivity contribution >= 4 is 21.6 Å². The predicted molar refractivity (Wildman–Crippen MR) is 79.2 cm³/mol. The van der Waals surface area contributed by atoms with Gasteiger partial charge in [0.25, 0.3) is 10.0 Å². The first-order valence-electron chi connectivity index (χ1n) is 6.53. The molecule has 0 radical (unpaired) electrons. The Labute approximate surface area is 125 Å². The number of hydrogen-bond acceptors (Lipinski definition) is 4. The van der Waals surface area contributed by atoms with Gasteiger partial charge < -0.3 is 4.90 Å². The first kappa shape index (κ1) is 15.7. The van der Waals surface area contributed by atoms with Crippen LogP contribution in [0.4, 0.5) is 0 Å². The number of halogens is 1. The highest BCUT2D eigenvalue weighted by Gasteiger charge is 2.38. The predicted octanol–water partition coefficient (Wildman–Crippen LogP) is 1.39. The summed E-state index contributed by atoms with van der Waals surface area (Å²) < 4.78 is 26.6. The Kier molecular flexibility index (Phi) is 4.69. The van der Waals surface area contributed by atoms with E-state index in [1.165, 1.54) is 16.6 Å². The Hall–Kier alpha value is -0.690. The number of sulfonamides is 1. The second kappa shape index (κ2) is 5.97. The van der Waals surface area contributed by atoms with Crippen LogP contribution in [-0.2, 0) is 15.9 Å². The molecular weight excluding hydrogens is 298 g/mol. The SMILES string of the molecule is CC1CN(S(=O)(=O)c2ccc(CCl)cn2)CC1N(C)C. The average molecular weight is 318 g/mol. The monoisotopic (exact) mass is 317 g/mol. The van der Waals surface area contributed by atoms with E-state index in [1.54, 1.807) is 6.07 Å². The lowest BCUT2D eigenvalue weighted by atomic mass is 10.1. The van der Waals surface area contributed by atoms with Gasteiger partial charge in [-0.05, 0) is 31.6 Å². The van der Waals surface area contributed by atoms with Crippen LogP contribution < -0.4 is 0 Å². The van der Waals surface area contributed by atoms with Crippen molar-refractivity contribution in [1.82, 2.24) is 14.2 Å². The molecule has 0 aliphatic carbocycles. The van der Waals surface area contributed by atoms with E-state index >= 15 is 0 Å². The molecule has 0 bridgehead atoms. The lowest BCUT2D eigenvalue weighted by Crippen LogP contribution is -2.36. The summed E-state index contributed by atoms with van der Waals surface area (Å²) in [7, 11) is 0.443. The van der Waals surface area contributed by atoms with Crippen molar-refractivity contribution in [3.8, 4) is 0 Å². The fourth-order valence-electron chi connectivity index (χ4n) is 2.55. The molecule has 0 aromatic carbocycles. The molecule has 0 spiro atoms. The van der Waals surface area contributed by atoms with E-state index in [2.05, 4.69) is 16.8 Å². The molecule has 1 aromatic rings. The topological polar surface area (TPSA) is 53.5 Å². The zero-order chi connectivity index (χ0) is 14.9. The minimum atomic E-state index is -3.51. The fraction of sp³-hybridized carbons (Fsp3) is 0.615. The van der Waals surface area contributed by atoms with Crippen molar-refractivity contribution in [2.45, 2.75) is 23.9 Å². The molecule has 2 atom stereocenters. The van der Waals surface area contributed by atoms with Crippen LogP contribution in [0, 0.1) is 5.92 Å². The van der Waals surface area contributed by atoms with Gasteiger partial charge in [0.1, 0.15) is 0 Å². The molecule has 2 unspecified atom stereocenters. The van der Waals surface area contributed by atoms with Crippen LogP contribution in [0.1, 0.15) is 12.5 Å². The van der Waals surface area contributed by atoms with E-state index in [9.17, 15) is 8.42 Å². The molecule has 1 aliphatic heterocycles. The molecule has 1 aliphatic rings. The van der Waals surface area contributed by atoms with Gasteiger partial charge in [-0.3, -0.25) is 0 Å². The zero-order valence-corrected chi connectivity index (χ0v) is 13.5. The fourth-order valence-corrected chi connectivity index (χ4v) is 4.18. The number of alkyl halides is 1. The molecule has 2 rings (SSSR count). The van der Waals surface area contributed by atoms with Crippen LogP contribution in [0.2, 0.25) is 0 Å². The molecule has 5 nitrogen and oxygen atoms in total. The van der Waals surface area contributed by atoms with E-state index in [0.29, 0.717) is 24.9 Å².